The molecular weight excluding hydrogens is 157 g/mol. The summed E-state index contributed by atoms with van der Waals surface area (Å²) < 4.78 is 57.6. The van der Waals surface area contributed by atoms with E-state index in [1.807, 2.05) is 0 Å². The van der Waals surface area contributed by atoms with Crippen molar-refractivity contribution in [3.63, 3.8) is 0 Å². The number of rotatable bonds is 1. The fraction of sp³-hybridized carbons (Fsp3) is 1.00. The van der Waals surface area contributed by atoms with Gasteiger partial charge in [-0.1, -0.05) is 0 Å². The fourth-order valence-electron chi connectivity index (χ4n) is 0.254. The van der Waals surface area contributed by atoms with Crippen molar-refractivity contribution in [3.8, 4) is 0 Å². The fourth-order valence-corrected chi connectivity index (χ4v) is 0.254. The van der Waals surface area contributed by atoms with Gasteiger partial charge in [0.25, 0.3) is 0 Å². The normalized spacial score (nSPS) is 14.4. The SMILES string of the molecule is CN(C)C(F)(F)C(F)(F)F. The van der Waals surface area contributed by atoms with E-state index < -0.39 is 12.2 Å². The average molecular weight is 163 g/mol. The Morgan fingerprint density at radius 1 is 0.900 bits per heavy atom. The van der Waals surface area contributed by atoms with E-state index in [-0.39, 0.29) is 4.90 Å². The average Bonchev–Trinajstić information content (AvgIpc) is 1.62. The van der Waals surface area contributed by atoms with E-state index in [0.717, 1.165) is 0 Å². The van der Waals surface area contributed by atoms with E-state index in [1.54, 1.807) is 0 Å². The Balaban J connectivity index is 4.40. The monoisotopic (exact) mass is 163 g/mol. The second-order valence-electron chi connectivity index (χ2n) is 1.93. The maximum atomic E-state index is 11.9. The number of hydrogen-bond donors (Lipinski definition) is 0. The first-order valence-corrected chi connectivity index (χ1v) is 2.31. The van der Waals surface area contributed by atoms with Crippen LogP contribution in [0.4, 0.5) is 22.0 Å². The van der Waals surface area contributed by atoms with Gasteiger partial charge in [0.1, 0.15) is 0 Å². The first kappa shape index (κ1) is 9.61. The van der Waals surface area contributed by atoms with E-state index in [0.29, 0.717) is 14.1 Å². The number of hydrogen-bond acceptors (Lipinski definition) is 1. The minimum absolute atomic E-state index is 0.188. The highest BCUT2D eigenvalue weighted by atomic mass is 19.4. The van der Waals surface area contributed by atoms with Crippen molar-refractivity contribution >= 4 is 0 Å². The molecule has 6 heteroatoms. The van der Waals surface area contributed by atoms with Crippen LogP contribution in [-0.4, -0.2) is 31.2 Å². The lowest BCUT2D eigenvalue weighted by Gasteiger charge is -2.25. The molecule has 0 fully saturated rings. The summed E-state index contributed by atoms with van der Waals surface area (Å²) in [5.41, 5.74) is 0. The first-order chi connectivity index (χ1) is 4.19. The quantitative estimate of drug-likeness (QED) is 0.420. The molecule has 0 aromatic heterocycles. The number of alkyl halides is 5. The van der Waals surface area contributed by atoms with Crippen LogP contribution in [0.25, 0.3) is 0 Å². The summed E-state index contributed by atoms with van der Waals surface area (Å²) in [4.78, 5) is -0.188. The topological polar surface area (TPSA) is 3.24 Å². The van der Waals surface area contributed by atoms with Gasteiger partial charge in [-0.2, -0.15) is 22.0 Å². The second kappa shape index (κ2) is 2.34. The van der Waals surface area contributed by atoms with Crippen LogP contribution >= 0.6 is 0 Å². The molecule has 10 heavy (non-hydrogen) atoms. The van der Waals surface area contributed by atoms with E-state index in [1.165, 1.54) is 0 Å². The predicted molar refractivity (Wildman–Crippen MR) is 24.7 cm³/mol. The van der Waals surface area contributed by atoms with Gasteiger partial charge >= 0.3 is 12.2 Å². The van der Waals surface area contributed by atoms with E-state index in [4.69, 9.17) is 0 Å². The minimum atomic E-state index is -5.49. The zero-order chi connectivity index (χ0) is 8.58. The van der Waals surface area contributed by atoms with E-state index in [9.17, 15) is 22.0 Å². The predicted octanol–water partition coefficient (Wildman–Crippen LogP) is 1.70. The maximum absolute atomic E-state index is 11.9. The van der Waals surface area contributed by atoms with Gasteiger partial charge in [0.2, 0.25) is 0 Å². The summed E-state index contributed by atoms with van der Waals surface area (Å²) in [6, 6.07) is -4.73. The molecule has 0 atom stereocenters. The molecule has 0 rings (SSSR count). The molecule has 0 aliphatic heterocycles. The molecule has 1 nitrogen and oxygen atoms in total. The summed E-state index contributed by atoms with van der Waals surface area (Å²) in [5.74, 6) is 0. The van der Waals surface area contributed by atoms with Gasteiger partial charge in [-0.3, -0.25) is 0 Å². The second-order valence-corrected chi connectivity index (χ2v) is 1.93. The van der Waals surface area contributed by atoms with Crippen LogP contribution in [0.3, 0.4) is 0 Å². The maximum Gasteiger partial charge on any atom is 0.469 e. The molecule has 0 N–H and O–H groups in total. The molecule has 0 amide bonds. The Labute approximate surface area is 54.4 Å². The number of halogens is 5. The van der Waals surface area contributed by atoms with Crippen LogP contribution in [0.1, 0.15) is 0 Å². The van der Waals surface area contributed by atoms with Gasteiger partial charge in [0.05, 0.1) is 0 Å². The molecule has 62 valence electrons. The molecular formula is C4H6F5N. The van der Waals surface area contributed by atoms with Crippen LogP contribution in [-0.2, 0) is 0 Å². The summed E-state index contributed by atoms with van der Waals surface area (Å²) in [6.45, 7) is 0. The highest BCUT2D eigenvalue weighted by molar-refractivity contribution is 4.71. The van der Waals surface area contributed by atoms with Gasteiger partial charge in [0, 0.05) is 0 Å². The molecule has 0 radical (unpaired) electrons. The Morgan fingerprint density at radius 2 is 1.20 bits per heavy atom. The van der Waals surface area contributed by atoms with E-state index >= 15 is 0 Å². The third-order valence-electron chi connectivity index (χ3n) is 0.903. The molecule has 0 aliphatic rings. The highest BCUT2D eigenvalue weighted by Gasteiger charge is 2.59. The van der Waals surface area contributed by atoms with Crippen LogP contribution in [0.5, 0.6) is 0 Å². The van der Waals surface area contributed by atoms with Crippen molar-refractivity contribution in [2.45, 2.75) is 12.2 Å². The summed E-state index contributed by atoms with van der Waals surface area (Å²) >= 11 is 0. The van der Waals surface area contributed by atoms with Gasteiger partial charge in [0.15, 0.2) is 0 Å². The lowest BCUT2D eigenvalue weighted by atomic mass is 10.5. The van der Waals surface area contributed by atoms with Crippen LogP contribution < -0.4 is 0 Å². The molecule has 0 unspecified atom stereocenters. The van der Waals surface area contributed by atoms with Crippen molar-refractivity contribution in [1.29, 1.82) is 0 Å². The van der Waals surface area contributed by atoms with E-state index in [2.05, 4.69) is 0 Å². The summed E-state index contributed by atoms with van der Waals surface area (Å²) in [6.07, 6.45) is -5.49. The Bertz CT molecular complexity index is 115. The molecule has 0 saturated carbocycles. The standard InChI is InChI=1S/C4H6F5N/c1-10(2)4(8,9)3(5,6)7/h1-2H3. The highest BCUT2D eigenvalue weighted by Crippen LogP contribution is 2.36. The third kappa shape index (κ3) is 1.56. The molecule has 0 saturated heterocycles. The zero-order valence-corrected chi connectivity index (χ0v) is 5.34. The van der Waals surface area contributed by atoms with Gasteiger partial charge < -0.3 is 0 Å². The lowest BCUT2D eigenvalue weighted by Crippen LogP contribution is -2.48. The Morgan fingerprint density at radius 3 is 1.20 bits per heavy atom. The molecule has 0 heterocycles. The summed E-state index contributed by atoms with van der Waals surface area (Å²) in [7, 11) is 1.32. The number of nitrogens with zero attached hydrogens (tertiary/aromatic N) is 1. The first-order valence-electron chi connectivity index (χ1n) is 2.31. The smallest absolute Gasteiger partial charge is 0.243 e. The van der Waals surface area contributed by atoms with Gasteiger partial charge in [-0.15, -0.1) is 0 Å². The molecule has 0 bridgehead atoms. The van der Waals surface area contributed by atoms with Crippen molar-refractivity contribution in [2.75, 3.05) is 14.1 Å². The van der Waals surface area contributed by atoms with Crippen LogP contribution in [0.15, 0.2) is 0 Å². The molecule has 0 aliphatic carbocycles. The third-order valence-corrected chi connectivity index (χ3v) is 0.903. The van der Waals surface area contributed by atoms with Crippen LogP contribution in [0.2, 0.25) is 0 Å². The van der Waals surface area contributed by atoms with Gasteiger partial charge in [-0.25, -0.2) is 4.90 Å². The molecule has 0 aromatic rings. The van der Waals surface area contributed by atoms with Crippen molar-refractivity contribution in [1.82, 2.24) is 4.90 Å². The Kier molecular flexibility index (Phi) is 2.24. The largest absolute Gasteiger partial charge is 0.469 e. The molecule has 0 spiro atoms. The van der Waals surface area contributed by atoms with Crippen molar-refractivity contribution in [2.24, 2.45) is 0 Å². The van der Waals surface area contributed by atoms with Crippen molar-refractivity contribution in [3.05, 3.63) is 0 Å². The van der Waals surface area contributed by atoms with Crippen LogP contribution in [0, 0.1) is 0 Å². The zero-order valence-electron chi connectivity index (χ0n) is 5.34. The molecule has 0 aromatic carbocycles. The summed E-state index contributed by atoms with van der Waals surface area (Å²) in [5, 5.41) is 0. The van der Waals surface area contributed by atoms with Gasteiger partial charge in [-0.05, 0) is 14.1 Å². The lowest BCUT2D eigenvalue weighted by molar-refractivity contribution is -0.331. The minimum Gasteiger partial charge on any atom is -0.243 e. The van der Waals surface area contributed by atoms with Crippen molar-refractivity contribution < 1.29 is 22.0 Å². The Hall–Kier alpha value is -0.390.